The average molecular weight is 287 g/mol. The molecule has 114 valence electrons. The summed E-state index contributed by atoms with van der Waals surface area (Å²) in [5, 5.41) is 9.61. The fourth-order valence-corrected chi connectivity index (χ4v) is 3.62. The van der Waals surface area contributed by atoms with Crippen molar-refractivity contribution < 1.29 is 9.90 Å². The Balaban J connectivity index is 1.70. The van der Waals surface area contributed by atoms with Gasteiger partial charge >= 0.3 is 0 Å². The SMILES string of the molecule is CCC1(CO)CCN(C(=O)C2(c3ccccc3)CC2)CC1. The molecule has 1 saturated heterocycles. The monoisotopic (exact) mass is 287 g/mol. The molecular formula is C18H25NO2. The smallest absolute Gasteiger partial charge is 0.233 e. The molecule has 2 fully saturated rings. The molecule has 1 aromatic carbocycles. The molecule has 21 heavy (non-hydrogen) atoms. The van der Waals surface area contributed by atoms with Crippen LogP contribution in [0.4, 0.5) is 0 Å². The van der Waals surface area contributed by atoms with Gasteiger partial charge in [-0.25, -0.2) is 0 Å². The third-order valence-electron chi connectivity index (χ3n) is 5.68. The second kappa shape index (κ2) is 5.45. The van der Waals surface area contributed by atoms with Crippen LogP contribution in [0, 0.1) is 5.41 Å². The maximum absolute atomic E-state index is 12.9. The molecule has 0 radical (unpaired) electrons. The van der Waals surface area contributed by atoms with Gasteiger partial charge in [0.2, 0.25) is 5.91 Å². The highest BCUT2D eigenvalue weighted by molar-refractivity contribution is 5.91. The number of amides is 1. The molecule has 1 aliphatic heterocycles. The van der Waals surface area contributed by atoms with Gasteiger partial charge in [0.1, 0.15) is 0 Å². The van der Waals surface area contributed by atoms with Crippen LogP contribution < -0.4 is 0 Å². The van der Waals surface area contributed by atoms with E-state index >= 15 is 0 Å². The molecule has 0 atom stereocenters. The number of aliphatic hydroxyl groups excluding tert-OH is 1. The van der Waals surface area contributed by atoms with Gasteiger partial charge in [0, 0.05) is 19.7 Å². The molecular weight excluding hydrogens is 262 g/mol. The number of likely N-dealkylation sites (tertiary alicyclic amines) is 1. The van der Waals surface area contributed by atoms with Crippen molar-refractivity contribution in [3.05, 3.63) is 35.9 Å². The van der Waals surface area contributed by atoms with Crippen LogP contribution in [-0.2, 0) is 10.2 Å². The van der Waals surface area contributed by atoms with E-state index in [1.807, 2.05) is 23.1 Å². The van der Waals surface area contributed by atoms with Crippen LogP contribution in [0.1, 0.15) is 44.6 Å². The minimum atomic E-state index is -0.243. The summed E-state index contributed by atoms with van der Waals surface area (Å²) in [5.41, 5.74) is 0.969. The predicted molar refractivity (Wildman–Crippen MR) is 83.0 cm³/mol. The van der Waals surface area contributed by atoms with Crippen molar-refractivity contribution in [3.63, 3.8) is 0 Å². The number of rotatable bonds is 4. The van der Waals surface area contributed by atoms with E-state index in [0.29, 0.717) is 5.91 Å². The second-order valence-corrected chi connectivity index (χ2v) is 6.75. The van der Waals surface area contributed by atoms with E-state index in [1.165, 1.54) is 5.56 Å². The van der Waals surface area contributed by atoms with Crippen LogP contribution in [0.2, 0.25) is 0 Å². The van der Waals surface area contributed by atoms with Crippen molar-refractivity contribution in [2.45, 2.75) is 44.4 Å². The highest BCUT2D eigenvalue weighted by Gasteiger charge is 2.53. The highest BCUT2D eigenvalue weighted by Crippen LogP contribution is 2.50. The summed E-state index contributed by atoms with van der Waals surface area (Å²) in [6, 6.07) is 10.2. The van der Waals surface area contributed by atoms with Crippen molar-refractivity contribution >= 4 is 5.91 Å². The molecule has 1 amide bonds. The molecule has 1 saturated carbocycles. The molecule has 3 heteroatoms. The topological polar surface area (TPSA) is 40.5 Å². The molecule has 3 nitrogen and oxygen atoms in total. The molecule has 0 aromatic heterocycles. The fourth-order valence-electron chi connectivity index (χ4n) is 3.62. The van der Waals surface area contributed by atoms with Crippen molar-refractivity contribution in [1.82, 2.24) is 4.90 Å². The number of hydrogen-bond acceptors (Lipinski definition) is 2. The Labute approximate surface area is 127 Å². The zero-order valence-corrected chi connectivity index (χ0v) is 12.8. The number of benzene rings is 1. The molecule has 1 heterocycles. The predicted octanol–water partition coefficient (Wildman–Crippen LogP) is 2.73. The van der Waals surface area contributed by atoms with E-state index in [0.717, 1.165) is 45.2 Å². The molecule has 3 rings (SSSR count). The van der Waals surface area contributed by atoms with Gasteiger partial charge in [0.05, 0.1) is 5.41 Å². The summed E-state index contributed by atoms with van der Waals surface area (Å²) >= 11 is 0. The van der Waals surface area contributed by atoms with E-state index in [4.69, 9.17) is 0 Å². The number of nitrogens with zero attached hydrogens (tertiary/aromatic N) is 1. The maximum atomic E-state index is 12.9. The van der Waals surface area contributed by atoms with Gasteiger partial charge in [0.15, 0.2) is 0 Å². The van der Waals surface area contributed by atoms with Crippen molar-refractivity contribution in [3.8, 4) is 0 Å². The maximum Gasteiger partial charge on any atom is 0.233 e. The second-order valence-electron chi connectivity index (χ2n) is 6.75. The van der Waals surface area contributed by atoms with Crippen LogP contribution in [0.5, 0.6) is 0 Å². The number of hydrogen-bond donors (Lipinski definition) is 1. The van der Waals surface area contributed by atoms with Crippen LogP contribution in [0.3, 0.4) is 0 Å². The summed E-state index contributed by atoms with van der Waals surface area (Å²) in [7, 11) is 0. The number of carbonyl (C=O) groups excluding carboxylic acids is 1. The Bertz CT molecular complexity index is 493. The number of carbonyl (C=O) groups is 1. The zero-order chi connectivity index (χ0) is 14.9. The molecule has 2 aliphatic rings. The first-order chi connectivity index (χ1) is 10.2. The van der Waals surface area contributed by atoms with Gasteiger partial charge < -0.3 is 10.0 Å². The first-order valence-electron chi connectivity index (χ1n) is 8.12. The Morgan fingerprint density at radius 2 is 1.76 bits per heavy atom. The summed E-state index contributed by atoms with van der Waals surface area (Å²) in [5.74, 6) is 0.302. The number of aliphatic hydroxyl groups is 1. The Morgan fingerprint density at radius 3 is 2.24 bits per heavy atom. The summed E-state index contributed by atoms with van der Waals surface area (Å²) in [6.45, 7) is 3.97. The van der Waals surface area contributed by atoms with Crippen molar-refractivity contribution in [2.24, 2.45) is 5.41 Å². The molecule has 1 aromatic rings. The van der Waals surface area contributed by atoms with Crippen molar-refractivity contribution in [2.75, 3.05) is 19.7 Å². The Kier molecular flexibility index (Phi) is 3.78. The van der Waals surface area contributed by atoms with E-state index in [-0.39, 0.29) is 17.4 Å². The van der Waals surface area contributed by atoms with Gasteiger partial charge in [-0.05, 0) is 43.1 Å². The average Bonchev–Trinajstić information content (AvgIpc) is 3.37. The lowest BCUT2D eigenvalue weighted by Crippen LogP contribution is -2.47. The summed E-state index contributed by atoms with van der Waals surface area (Å²) in [6.07, 6.45) is 4.80. The first kappa shape index (κ1) is 14.6. The van der Waals surface area contributed by atoms with E-state index < -0.39 is 0 Å². The molecule has 1 aliphatic carbocycles. The quantitative estimate of drug-likeness (QED) is 0.925. The number of piperidine rings is 1. The fraction of sp³-hybridized carbons (Fsp3) is 0.611. The van der Waals surface area contributed by atoms with Gasteiger partial charge in [-0.15, -0.1) is 0 Å². The Morgan fingerprint density at radius 1 is 1.14 bits per heavy atom. The third-order valence-corrected chi connectivity index (χ3v) is 5.68. The van der Waals surface area contributed by atoms with Gasteiger partial charge in [-0.1, -0.05) is 37.3 Å². The molecule has 0 spiro atoms. The lowest BCUT2D eigenvalue weighted by molar-refractivity contribution is -0.137. The minimum absolute atomic E-state index is 0.0419. The van der Waals surface area contributed by atoms with Gasteiger partial charge in [0.25, 0.3) is 0 Å². The lowest BCUT2D eigenvalue weighted by atomic mass is 9.76. The van der Waals surface area contributed by atoms with Crippen LogP contribution in [0.25, 0.3) is 0 Å². The van der Waals surface area contributed by atoms with E-state index in [1.54, 1.807) is 0 Å². The zero-order valence-electron chi connectivity index (χ0n) is 12.8. The Hall–Kier alpha value is -1.35. The molecule has 0 bridgehead atoms. The molecule has 1 N–H and O–H groups in total. The van der Waals surface area contributed by atoms with Gasteiger partial charge in [-0.3, -0.25) is 4.79 Å². The first-order valence-corrected chi connectivity index (χ1v) is 8.12. The van der Waals surface area contributed by atoms with Crippen molar-refractivity contribution in [1.29, 1.82) is 0 Å². The lowest BCUT2D eigenvalue weighted by Gasteiger charge is -2.41. The van der Waals surface area contributed by atoms with Gasteiger partial charge in [-0.2, -0.15) is 0 Å². The minimum Gasteiger partial charge on any atom is -0.396 e. The van der Waals surface area contributed by atoms with Crippen LogP contribution in [0.15, 0.2) is 30.3 Å². The molecule has 0 unspecified atom stereocenters. The summed E-state index contributed by atoms with van der Waals surface area (Å²) in [4.78, 5) is 15.0. The third kappa shape index (κ3) is 2.48. The largest absolute Gasteiger partial charge is 0.396 e. The van der Waals surface area contributed by atoms with Crippen LogP contribution in [-0.4, -0.2) is 35.6 Å². The van der Waals surface area contributed by atoms with E-state index in [9.17, 15) is 9.90 Å². The highest BCUT2D eigenvalue weighted by atomic mass is 16.3. The van der Waals surface area contributed by atoms with E-state index in [2.05, 4.69) is 19.1 Å². The van der Waals surface area contributed by atoms with Crippen LogP contribution >= 0.6 is 0 Å². The normalized spacial score (nSPS) is 22.9. The standard InChI is InChI=1S/C18H25NO2/c1-2-17(14-20)10-12-19(13-11-17)16(21)18(8-9-18)15-6-4-3-5-7-15/h3-7,20H,2,8-14H2,1H3. The summed E-state index contributed by atoms with van der Waals surface area (Å²) < 4.78 is 0.